The smallest absolute Gasteiger partial charge is 0.184 e. The predicted octanol–water partition coefficient (Wildman–Crippen LogP) is 1.12. The van der Waals surface area contributed by atoms with Crippen molar-refractivity contribution in [3.63, 3.8) is 0 Å². The molecule has 0 amide bonds. The van der Waals surface area contributed by atoms with Gasteiger partial charge in [0, 0.05) is 24.9 Å². The maximum Gasteiger partial charge on any atom is 0.184 e. The van der Waals surface area contributed by atoms with Gasteiger partial charge in [-0.25, -0.2) is 0 Å². The van der Waals surface area contributed by atoms with Gasteiger partial charge in [-0.2, -0.15) is 5.26 Å². The van der Waals surface area contributed by atoms with E-state index in [1.165, 1.54) is 13.5 Å². The molecule has 4 heteroatoms. The molecule has 4 nitrogen and oxygen atoms in total. The van der Waals surface area contributed by atoms with E-state index in [1.807, 2.05) is 6.20 Å². The van der Waals surface area contributed by atoms with Gasteiger partial charge in [0.25, 0.3) is 0 Å². The highest BCUT2D eigenvalue weighted by atomic mass is 16.6. The molecule has 1 saturated heterocycles. The molecule has 1 fully saturated rings. The predicted molar refractivity (Wildman–Crippen MR) is 52.4 cm³/mol. The van der Waals surface area contributed by atoms with Gasteiger partial charge in [-0.1, -0.05) is 5.16 Å². The van der Waals surface area contributed by atoms with Gasteiger partial charge in [0.1, 0.15) is 13.2 Å². The van der Waals surface area contributed by atoms with Crippen LogP contribution in [0.3, 0.4) is 0 Å². The molecule has 2 bridgehead atoms. The van der Waals surface area contributed by atoms with Crippen LogP contribution in [0.15, 0.2) is 16.9 Å². The van der Waals surface area contributed by atoms with Gasteiger partial charge in [0.2, 0.25) is 0 Å². The molecule has 0 aromatic rings. The molecule has 1 unspecified atom stereocenters. The summed E-state index contributed by atoms with van der Waals surface area (Å²) in [7, 11) is 1.47. The van der Waals surface area contributed by atoms with Crippen molar-refractivity contribution in [2.75, 3.05) is 20.2 Å². The van der Waals surface area contributed by atoms with E-state index in [1.54, 1.807) is 0 Å². The lowest BCUT2D eigenvalue weighted by Gasteiger charge is -2.21. The maximum atomic E-state index is 8.88. The van der Waals surface area contributed by atoms with E-state index in [2.05, 4.69) is 21.0 Å². The Morgan fingerprint density at radius 3 is 3.29 bits per heavy atom. The molecule has 0 N–H and O–H groups in total. The largest absolute Gasteiger partial charge is 0.398 e. The summed E-state index contributed by atoms with van der Waals surface area (Å²) in [5.41, 5.74) is 1.44. The summed E-state index contributed by atoms with van der Waals surface area (Å²) in [6.45, 7) is 2.25. The van der Waals surface area contributed by atoms with Crippen molar-refractivity contribution in [2.45, 2.75) is 12.8 Å². The minimum atomic E-state index is 0.420. The lowest BCUT2D eigenvalue weighted by Crippen LogP contribution is -2.22. The summed E-state index contributed by atoms with van der Waals surface area (Å²) in [6, 6.07) is 2.07. The highest BCUT2D eigenvalue weighted by Gasteiger charge is 2.28. The third kappa shape index (κ3) is 1.58. The second-order valence-electron chi connectivity index (χ2n) is 3.74. The first-order valence-corrected chi connectivity index (χ1v) is 4.80. The molecule has 74 valence electrons. The first kappa shape index (κ1) is 9.07. The number of hydrogen-bond donors (Lipinski definition) is 0. The van der Waals surface area contributed by atoms with E-state index in [4.69, 9.17) is 5.26 Å². The highest BCUT2D eigenvalue weighted by molar-refractivity contribution is 6.11. The van der Waals surface area contributed by atoms with Gasteiger partial charge < -0.3 is 9.74 Å². The van der Waals surface area contributed by atoms with E-state index in [0.29, 0.717) is 11.6 Å². The van der Waals surface area contributed by atoms with E-state index >= 15 is 0 Å². The quantitative estimate of drug-likeness (QED) is 0.485. The number of nitrogens with zero attached hydrogens (tertiary/aromatic N) is 3. The van der Waals surface area contributed by atoms with E-state index in [9.17, 15) is 0 Å². The highest BCUT2D eigenvalue weighted by Crippen LogP contribution is 2.29. The third-order valence-electron chi connectivity index (χ3n) is 2.76. The SMILES string of the molecule is CO/N=C(/C#N)C1=CN2CCC(C1)C2. The van der Waals surface area contributed by atoms with Crippen LogP contribution in [0.25, 0.3) is 0 Å². The van der Waals surface area contributed by atoms with E-state index < -0.39 is 0 Å². The van der Waals surface area contributed by atoms with Gasteiger partial charge in [-0.3, -0.25) is 0 Å². The molecule has 2 aliphatic heterocycles. The summed E-state index contributed by atoms with van der Waals surface area (Å²) < 4.78 is 0. The fourth-order valence-corrected chi connectivity index (χ4v) is 2.13. The summed E-state index contributed by atoms with van der Waals surface area (Å²) in [6.07, 6.45) is 4.24. The van der Waals surface area contributed by atoms with Gasteiger partial charge in [0.15, 0.2) is 5.71 Å². The molecular weight excluding hydrogens is 178 g/mol. The van der Waals surface area contributed by atoms with Crippen molar-refractivity contribution in [3.05, 3.63) is 11.8 Å². The number of rotatable bonds is 2. The van der Waals surface area contributed by atoms with Crippen LogP contribution < -0.4 is 0 Å². The Kier molecular flexibility index (Phi) is 2.40. The molecule has 2 aliphatic rings. The maximum absolute atomic E-state index is 8.88. The van der Waals surface area contributed by atoms with Crippen LogP contribution in [0.4, 0.5) is 0 Å². The fraction of sp³-hybridized carbons (Fsp3) is 0.600. The summed E-state index contributed by atoms with van der Waals surface area (Å²) in [5.74, 6) is 0.699. The lowest BCUT2D eigenvalue weighted by atomic mass is 9.95. The second-order valence-corrected chi connectivity index (χ2v) is 3.74. The number of allylic oxidation sites excluding steroid dienone is 1. The molecule has 2 rings (SSSR count). The number of fused-ring (bicyclic) bond motifs is 2. The standard InChI is InChI=1S/C10H13N3O/c1-14-12-10(5-11)9-4-8-2-3-13(6-8)7-9/h7-8H,2-4,6H2,1H3/b12-10-. The summed E-state index contributed by atoms with van der Waals surface area (Å²) in [5, 5.41) is 12.6. The second kappa shape index (κ2) is 3.70. The van der Waals surface area contributed by atoms with Crippen LogP contribution in [0, 0.1) is 17.2 Å². The van der Waals surface area contributed by atoms with E-state index in [-0.39, 0.29) is 0 Å². The first-order valence-electron chi connectivity index (χ1n) is 4.80. The van der Waals surface area contributed by atoms with Gasteiger partial charge in [-0.05, 0) is 18.8 Å². The molecule has 0 aromatic carbocycles. The zero-order valence-electron chi connectivity index (χ0n) is 8.23. The molecule has 0 spiro atoms. The monoisotopic (exact) mass is 191 g/mol. The molecule has 0 aliphatic carbocycles. The molecular formula is C10H13N3O. The van der Waals surface area contributed by atoms with Crippen LogP contribution in [0.2, 0.25) is 0 Å². The van der Waals surface area contributed by atoms with Crippen LogP contribution in [0.5, 0.6) is 0 Å². The Bertz CT molecular complexity index is 327. The Morgan fingerprint density at radius 2 is 2.64 bits per heavy atom. The normalized spacial score (nSPS) is 25.7. The van der Waals surface area contributed by atoms with Crippen molar-refractivity contribution < 1.29 is 4.84 Å². The molecule has 0 saturated carbocycles. The van der Waals surface area contributed by atoms with Crippen molar-refractivity contribution in [1.29, 1.82) is 5.26 Å². The Balaban J connectivity index is 2.19. The molecule has 0 radical (unpaired) electrons. The number of nitriles is 1. The first-order chi connectivity index (χ1) is 6.83. The van der Waals surface area contributed by atoms with Gasteiger partial charge in [-0.15, -0.1) is 0 Å². The molecule has 2 heterocycles. The van der Waals surface area contributed by atoms with Crippen molar-refractivity contribution in [3.8, 4) is 6.07 Å². The minimum absolute atomic E-state index is 0.420. The number of hydrogen-bond acceptors (Lipinski definition) is 4. The summed E-state index contributed by atoms with van der Waals surface area (Å²) in [4.78, 5) is 6.90. The van der Waals surface area contributed by atoms with Crippen LogP contribution >= 0.6 is 0 Å². The van der Waals surface area contributed by atoms with Gasteiger partial charge in [0.05, 0.1) is 0 Å². The average Bonchev–Trinajstić information content (AvgIpc) is 2.54. The molecule has 14 heavy (non-hydrogen) atoms. The fourth-order valence-electron chi connectivity index (χ4n) is 2.13. The molecule has 0 aromatic heterocycles. The van der Waals surface area contributed by atoms with Crippen molar-refractivity contribution in [2.24, 2.45) is 11.1 Å². The van der Waals surface area contributed by atoms with Crippen molar-refractivity contribution >= 4 is 5.71 Å². The lowest BCUT2D eigenvalue weighted by molar-refractivity contribution is 0.214. The zero-order chi connectivity index (χ0) is 9.97. The Morgan fingerprint density at radius 1 is 1.79 bits per heavy atom. The van der Waals surface area contributed by atoms with Gasteiger partial charge >= 0.3 is 0 Å². The summed E-state index contributed by atoms with van der Waals surface area (Å²) >= 11 is 0. The Hall–Kier alpha value is -1.50. The van der Waals surface area contributed by atoms with Crippen LogP contribution in [0.1, 0.15) is 12.8 Å². The van der Waals surface area contributed by atoms with Crippen LogP contribution in [-0.4, -0.2) is 30.8 Å². The third-order valence-corrected chi connectivity index (χ3v) is 2.76. The van der Waals surface area contributed by atoms with Crippen molar-refractivity contribution in [1.82, 2.24) is 4.90 Å². The topological polar surface area (TPSA) is 48.6 Å². The zero-order valence-corrected chi connectivity index (χ0v) is 8.23. The average molecular weight is 191 g/mol. The minimum Gasteiger partial charge on any atom is -0.398 e. The number of oxime groups is 1. The van der Waals surface area contributed by atoms with Crippen LogP contribution in [-0.2, 0) is 4.84 Å². The Labute approximate surface area is 83.4 Å². The molecule has 1 atom stereocenters. The van der Waals surface area contributed by atoms with E-state index in [0.717, 1.165) is 25.1 Å².